The highest BCUT2D eigenvalue weighted by Gasteiger charge is 2.27. The van der Waals surface area contributed by atoms with Crippen LogP contribution in [0.3, 0.4) is 0 Å². The molecule has 3 rings (SSSR count). The molecule has 1 aromatic carbocycles. The van der Waals surface area contributed by atoms with Gasteiger partial charge in [0.15, 0.2) is 5.82 Å². The van der Waals surface area contributed by atoms with Crippen molar-refractivity contribution < 1.29 is 0 Å². The normalized spacial score (nSPS) is 15.4. The molecule has 3 nitrogen and oxygen atoms in total. The van der Waals surface area contributed by atoms with Gasteiger partial charge in [-0.25, -0.2) is 4.98 Å². The van der Waals surface area contributed by atoms with Crippen molar-refractivity contribution in [1.82, 2.24) is 15.2 Å². The molecule has 4 heteroatoms. The summed E-state index contributed by atoms with van der Waals surface area (Å²) < 4.78 is 1.08. The van der Waals surface area contributed by atoms with Crippen LogP contribution in [0.15, 0.2) is 22.7 Å². The number of aromatic nitrogens is 3. The predicted octanol–water partition coefficient (Wildman–Crippen LogP) is 3.42. The molecule has 0 spiro atoms. The maximum absolute atomic E-state index is 4.55. The Morgan fingerprint density at radius 3 is 2.94 bits per heavy atom. The van der Waals surface area contributed by atoms with Crippen LogP contribution in [0.4, 0.5) is 0 Å². The van der Waals surface area contributed by atoms with E-state index in [0.29, 0.717) is 5.92 Å². The number of nitrogens with one attached hydrogen (secondary N) is 1. The van der Waals surface area contributed by atoms with Crippen LogP contribution in [0, 0.1) is 6.92 Å². The van der Waals surface area contributed by atoms with Gasteiger partial charge in [0.05, 0.1) is 0 Å². The predicted molar refractivity (Wildman–Crippen MR) is 66.2 cm³/mol. The first-order valence-electron chi connectivity index (χ1n) is 5.43. The molecule has 0 unspecified atom stereocenters. The fourth-order valence-electron chi connectivity index (χ4n) is 1.75. The topological polar surface area (TPSA) is 41.6 Å². The number of benzene rings is 1. The Hall–Kier alpha value is -1.16. The fraction of sp³-hybridized carbons (Fsp3) is 0.333. The monoisotopic (exact) mass is 277 g/mol. The van der Waals surface area contributed by atoms with Gasteiger partial charge in [0, 0.05) is 16.0 Å². The second-order valence-corrected chi connectivity index (χ2v) is 5.05. The van der Waals surface area contributed by atoms with Crippen molar-refractivity contribution in [1.29, 1.82) is 0 Å². The van der Waals surface area contributed by atoms with Gasteiger partial charge < -0.3 is 0 Å². The Bertz CT molecular complexity index is 529. The summed E-state index contributed by atoms with van der Waals surface area (Å²) in [7, 11) is 0. The van der Waals surface area contributed by atoms with E-state index in [1.54, 1.807) is 0 Å². The molecule has 1 fully saturated rings. The SMILES string of the molecule is Cc1cccc(-c2n[nH]c(C3CC3)n2)c1Br. The van der Waals surface area contributed by atoms with E-state index >= 15 is 0 Å². The number of nitrogens with zero attached hydrogens (tertiary/aromatic N) is 2. The molecule has 0 radical (unpaired) electrons. The van der Waals surface area contributed by atoms with Crippen LogP contribution in [-0.4, -0.2) is 15.2 Å². The molecular formula is C12H12BrN3. The average molecular weight is 278 g/mol. The molecule has 0 aliphatic heterocycles. The molecule has 1 N–H and O–H groups in total. The summed E-state index contributed by atoms with van der Waals surface area (Å²) in [6.45, 7) is 2.07. The third-order valence-corrected chi connectivity index (χ3v) is 3.95. The lowest BCUT2D eigenvalue weighted by molar-refractivity contribution is 0.935. The van der Waals surface area contributed by atoms with Crippen LogP contribution < -0.4 is 0 Å². The number of H-pyrrole nitrogens is 1. The van der Waals surface area contributed by atoms with Crippen molar-refractivity contribution >= 4 is 15.9 Å². The maximum atomic E-state index is 4.55. The first-order valence-corrected chi connectivity index (χ1v) is 6.23. The van der Waals surface area contributed by atoms with Crippen LogP contribution >= 0.6 is 15.9 Å². The van der Waals surface area contributed by atoms with Crippen LogP contribution in [0.2, 0.25) is 0 Å². The number of hydrogen-bond acceptors (Lipinski definition) is 2. The summed E-state index contributed by atoms with van der Waals surface area (Å²) in [5, 5.41) is 7.31. The molecule has 1 aliphatic carbocycles. The Kier molecular flexibility index (Phi) is 2.32. The van der Waals surface area contributed by atoms with Gasteiger partial charge in [0.1, 0.15) is 5.82 Å². The van der Waals surface area contributed by atoms with Crippen LogP contribution in [0.5, 0.6) is 0 Å². The summed E-state index contributed by atoms with van der Waals surface area (Å²) in [4.78, 5) is 4.55. The second-order valence-electron chi connectivity index (χ2n) is 4.25. The Labute approximate surface area is 102 Å². The van der Waals surface area contributed by atoms with E-state index in [9.17, 15) is 0 Å². The zero-order valence-corrected chi connectivity index (χ0v) is 10.6. The first kappa shape index (κ1) is 10.0. The molecular weight excluding hydrogens is 266 g/mol. The molecule has 0 atom stereocenters. The van der Waals surface area contributed by atoms with Gasteiger partial charge >= 0.3 is 0 Å². The lowest BCUT2D eigenvalue weighted by Gasteiger charge is -2.02. The van der Waals surface area contributed by atoms with E-state index in [-0.39, 0.29) is 0 Å². The van der Waals surface area contributed by atoms with Crippen molar-refractivity contribution in [2.24, 2.45) is 0 Å². The van der Waals surface area contributed by atoms with E-state index in [1.165, 1.54) is 18.4 Å². The highest BCUT2D eigenvalue weighted by atomic mass is 79.9. The smallest absolute Gasteiger partial charge is 0.182 e. The van der Waals surface area contributed by atoms with Crippen LogP contribution in [0.1, 0.15) is 30.1 Å². The van der Waals surface area contributed by atoms with E-state index in [4.69, 9.17) is 0 Å². The van der Waals surface area contributed by atoms with Gasteiger partial charge in [-0.05, 0) is 47.3 Å². The minimum Gasteiger partial charge on any atom is -0.262 e. The van der Waals surface area contributed by atoms with E-state index in [0.717, 1.165) is 21.7 Å². The number of rotatable bonds is 2. The van der Waals surface area contributed by atoms with Gasteiger partial charge in [-0.1, -0.05) is 12.1 Å². The molecule has 0 amide bonds. The number of aromatic amines is 1. The van der Waals surface area contributed by atoms with Crippen LogP contribution in [0.25, 0.3) is 11.4 Å². The molecule has 16 heavy (non-hydrogen) atoms. The molecule has 1 aliphatic rings. The van der Waals surface area contributed by atoms with Gasteiger partial charge in [0.2, 0.25) is 0 Å². The maximum Gasteiger partial charge on any atom is 0.182 e. The van der Waals surface area contributed by atoms with Gasteiger partial charge in [-0.2, -0.15) is 5.10 Å². The van der Waals surface area contributed by atoms with E-state index < -0.39 is 0 Å². The zero-order valence-electron chi connectivity index (χ0n) is 9.00. The lowest BCUT2D eigenvalue weighted by Crippen LogP contribution is -1.86. The standard InChI is InChI=1S/C12H12BrN3/c1-7-3-2-4-9(10(7)13)12-14-11(15-16-12)8-5-6-8/h2-4,8H,5-6H2,1H3,(H,14,15,16). The fourth-order valence-corrected chi connectivity index (χ4v) is 2.20. The Morgan fingerprint density at radius 1 is 1.38 bits per heavy atom. The summed E-state index contributed by atoms with van der Waals surface area (Å²) in [6, 6.07) is 6.14. The average Bonchev–Trinajstić information content (AvgIpc) is 3.02. The quantitative estimate of drug-likeness (QED) is 0.914. The van der Waals surface area contributed by atoms with Crippen molar-refractivity contribution in [2.45, 2.75) is 25.7 Å². The van der Waals surface area contributed by atoms with E-state index in [1.807, 2.05) is 12.1 Å². The van der Waals surface area contributed by atoms with Crippen molar-refractivity contribution in [3.63, 3.8) is 0 Å². The largest absolute Gasteiger partial charge is 0.262 e. The summed E-state index contributed by atoms with van der Waals surface area (Å²) in [6.07, 6.45) is 2.48. The lowest BCUT2D eigenvalue weighted by atomic mass is 10.1. The highest BCUT2D eigenvalue weighted by molar-refractivity contribution is 9.10. The number of halogens is 1. The van der Waals surface area contributed by atoms with E-state index in [2.05, 4.69) is 44.1 Å². The Morgan fingerprint density at radius 2 is 2.19 bits per heavy atom. The minimum absolute atomic E-state index is 0.616. The molecule has 0 saturated heterocycles. The zero-order chi connectivity index (χ0) is 11.1. The summed E-state index contributed by atoms with van der Waals surface area (Å²) in [5.41, 5.74) is 2.26. The summed E-state index contributed by atoms with van der Waals surface area (Å²) >= 11 is 3.58. The minimum atomic E-state index is 0.616. The molecule has 82 valence electrons. The molecule has 1 heterocycles. The summed E-state index contributed by atoms with van der Waals surface area (Å²) in [5.74, 6) is 2.44. The second kappa shape index (κ2) is 3.70. The third kappa shape index (κ3) is 1.67. The first-order chi connectivity index (χ1) is 7.75. The van der Waals surface area contributed by atoms with Crippen molar-refractivity contribution in [3.05, 3.63) is 34.1 Å². The number of hydrogen-bond donors (Lipinski definition) is 1. The molecule has 1 aromatic heterocycles. The van der Waals surface area contributed by atoms with Crippen molar-refractivity contribution in [2.75, 3.05) is 0 Å². The molecule has 2 aromatic rings. The molecule has 0 bridgehead atoms. The Balaban J connectivity index is 2.03. The van der Waals surface area contributed by atoms with Gasteiger partial charge in [0.25, 0.3) is 0 Å². The van der Waals surface area contributed by atoms with Crippen molar-refractivity contribution in [3.8, 4) is 11.4 Å². The molecule has 1 saturated carbocycles. The highest BCUT2D eigenvalue weighted by Crippen LogP contribution is 2.39. The number of aryl methyl sites for hydroxylation is 1. The third-order valence-electron chi connectivity index (χ3n) is 2.90. The van der Waals surface area contributed by atoms with Gasteiger partial charge in [-0.3, -0.25) is 5.10 Å². The van der Waals surface area contributed by atoms with Gasteiger partial charge in [-0.15, -0.1) is 0 Å². The van der Waals surface area contributed by atoms with Crippen LogP contribution in [-0.2, 0) is 0 Å².